The molecule has 0 bridgehead atoms. The molecule has 2 atom stereocenters. The van der Waals surface area contributed by atoms with Crippen LogP contribution in [-0.4, -0.2) is 45.9 Å². The van der Waals surface area contributed by atoms with Crippen LogP contribution in [0.15, 0.2) is 54.6 Å². The van der Waals surface area contributed by atoms with Crippen molar-refractivity contribution in [1.82, 2.24) is 10.6 Å². The molecule has 2 N–H and O–H groups in total. The first-order chi connectivity index (χ1) is 14.7. The molecular weight excluding hydrogens is 376 g/mol. The summed E-state index contributed by atoms with van der Waals surface area (Å²) in [6.45, 7) is 4.39. The van der Waals surface area contributed by atoms with Crippen molar-refractivity contribution in [3.63, 3.8) is 0 Å². The molecule has 0 aliphatic rings. The van der Waals surface area contributed by atoms with Crippen molar-refractivity contribution < 1.29 is 14.3 Å². The Balaban J connectivity index is 2.02. The summed E-state index contributed by atoms with van der Waals surface area (Å²) in [4.78, 5) is 12.8. The Morgan fingerprint density at radius 2 is 1.70 bits per heavy atom. The van der Waals surface area contributed by atoms with E-state index in [1.165, 1.54) is 5.56 Å². The fourth-order valence-corrected chi connectivity index (χ4v) is 3.72. The molecule has 0 heterocycles. The van der Waals surface area contributed by atoms with Gasteiger partial charge in [-0.05, 0) is 37.0 Å². The van der Waals surface area contributed by atoms with E-state index < -0.39 is 0 Å². The monoisotopic (exact) mass is 412 g/mol. The molecule has 0 aromatic heterocycles. The van der Waals surface area contributed by atoms with Gasteiger partial charge in [-0.1, -0.05) is 55.8 Å². The SMILES string of the molecule is CCC[C@@H](CC[C@H](CNC(=O)c1ccccc1OC)c1ccccc1)NCCOC. The lowest BCUT2D eigenvalue weighted by molar-refractivity contribution is 0.0947. The van der Waals surface area contributed by atoms with Crippen molar-refractivity contribution >= 4 is 5.91 Å². The number of carbonyl (C=O) groups is 1. The maximum atomic E-state index is 12.8. The molecule has 0 radical (unpaired) electrons. The zero-order valence-corrected chi connectivity index (χ0v) is 18.5. The second-order valence-corrected chi connectivity index (χ2v) is 7.53. The van der Waals surface area contributed by atoms with Crippen molar-refractivity contribution in [3.05, 3.63) is 65.7 Å². The summed E-state index contributed by atoms with van der Waals surface area (Å²) in [6.07, 6.45) is 4.34. The van der Waals surface area contributed by atoms with E-state index in [0.29, 0.717) is 23.9 Å². The van der Waals surface area contributed by atoms with E-state index in [1.807, 2.05) is 24.3 Å². The number of rotatable bonds is 14. The van der Waals surface area contributed by atoms with Crippen LogP contribution in [0.4, 0.5) is 0 Å². The van der Waals surface area contributed by atoms with Crippen LogP contribution in [0.3, 0.4) is 0 Å². The van der Waals surface area contributed by atoms with Gasteiger partial charge in [-0.3, -0.25) is 4.79 Å². The molecule has 0 unspecified atom stereocenters. The van der Waals surface area contributed by atoms with Crippen LogP contribution in [-0.2, 0) is 4.74 Å². The van der Waals surface area contributed by atoms with E-state index >= 15 is 0 Å². The smallest absolute Gasteiger partial charge is 0.255 e. The summed E-state index contributed by atoms with van der Waals surface area (Å²) < 4.78 is 10.5. The molecule has 30 heavy (non-hydrogen) atoms. The summed E-state index contributed by atoms with van der Waals surface area (Å²) in [6, 6.07) is 18.2. The topological polar surface area (TPSA) is 59.6 Å². The van der Waals surface area contributed by atoms with Crippen LogP contribution in [0.2, 0.25) is 0 Å². The van der Waals surface area contributed by atoms with Gasteiger partial charge in [-0.15, -0.1) is 0 Å². The predicted octanol–water partition coefficient (Wildman–Crippen LogP) is 4.39. The first-order valence-electron chi connectivity index (χ1n) is 10.9. The van der Waals surface area contributed by atoms with Crippen LogP contribution < -0.4 is 15.4 Å². The molecule has 2 aromatic carbocycles. The Morgan fingerprint density at radius 1 is 0.967 bits per heavy atom. The second-order valence-electron chi connectivity index (χ2n) is 7.53. The number of methoxy groups -OCH3 is 2. The third kappa shape index (κ3) is 7.81. The standard InChI is InChI=1S/C25H36N2O3/c1-4-10-22(26-17-18-29-2)16-15-21(20-11-6-5-7-12-20)19-27-25(28)23-13-8-9-14-24(23)30-3/h5-9,11-14,21-22,26H,4,10,15-19H2,1-3H3,(H,27,28)/t21-,22+/m1/s1. The van der Waals surface area contributed by atoms with Crippen LogP contribution >= 0.6 is 0 Å². The molecule has 0 aliphatic carbocycles. The number of para-hydroxylation sites is 1. The molecule has 0 spiro atoms. The molecule has 5 nitrogen and oxygen atoms in total. The number of benzene rings is 2. The number of amides is 1. The lowest BCUT2D eigenvalue weighted by atomic mass is 9.91. The summed E-state index contributed by atoms with van der Waals surface area (Å²) in [5, 5.41) is 6.73. The van der Waals surface area contributed by atoms with E-state index in [-0.39, 0.29) is 11.8 Å². The number of hydrogen-bond donors (Lipinski definition) is 2. The first-order valence-corrected chi connectivity index (χ1v) is 10.9. The highest BCUT2D eigenvalue weighted by Gasteiger charge is 2.18. The largest absolute Gasteiger partial charge is 0.496 e. The average molecular weight is 413 g/mol. The summed E-state index contributed by atoms with van der Waals surface area (Å²) >= 11 is 0. The van der Waals surface area contributed by atoms with Crippen molar-refractivity contribution in [3.8, 4) is 5.75 Å². The van der Waals surface area contributed by atoms with E-state index in [0.717, 1.165) is 38.8 Å². The van der Waals surface area contributed by atoms with Crippen molar-refractivity contribution in [1.29, 1.82) is 0 Å². The zero-order valence-electron chi connectivity index (χ0n) is 18.5. The minimum atomic E-state index is -0.100. The van der Waals surface area contributed by atoms with Crippen LogP contribution in [0.25, 0.3) is 0 Å². The molecule has 5 heteroatoms. The first kappa shape index (κ1) is 23.9. The highest BCUT2D eigenvalue weighted by atomic mass is 16.5. The average Bonchev–Trinajstić information content (AvgIpc) is 2.79. The van der Waals surface area contributed by atoms with Crippen LogP contribution in [0.5, 0.6) is 5.75 Å². The van der Waals surface area contributed by atoms with Gasteiger partial charge in [-0.2, -0.15) is 0 Å². The lowest BCUT2D eigenvalue weighted by Crippen LogP contribution is -2.33. The number of carbonyl (C=O) groups excluding carboxylic acids is 1. The van der Waals surface area contributed by atoms with Gasteiger partial charge in [0.1, 0.15) is 5.75 Å². The van der Waals surface area contributed by atoms with Gasteiger partial charge in [0.05, 0.1) is 19.3 Å². The van der Waals surface area contributed by atoms with E-state index in [1.54, 1.807) is 20.3 Å². The van der Waals surface area contributed by atoms with Gasteiger partial charge >= 0.3 is 0 Å². The van der Waals surface area contributed by atoms with Crippen molar-refractivity contribution in [2.24, 2.45) is 0 Å². The number of ether oxygens (including phenoxy) is 2. The Hall–Kier alpha value is -2.37. The minimum Gasteiger partial charge on any atom is -0.496 e. The van der Waals surface area contributed by atoms with E-state index in [2.05, 4.69) is 41.8 Å². The maximum absolute atomic E-state index is 12.8. The predicted molar refractivity (Wildman–Crippen MR) is 122 cm³/mol. The van der Waals surface area contributed by atoms with E-state index in [9.17, 15) is 4.79 Å². The lowest BCUT2D eigenvalue weighted by Gasteiger charge is -2.23. The molecule has 0 saturated heterocycles. The third-order valence-corrected chi connectivity index (χ3v) is 5.37. The van der Waals surface area contributed by atoms with E-state index in [4.69, 9.17) is 9.47 Å². The normalized spacial score (nSPS) is 12.9. The molecule has 2 aromatic rings. The third-order valence-electron chi connectivity index (χ3n) is 5.37. The summed E-state index contributed by atoms with van der Waals surface area (Å²) in [5.74, 6) is 0.752. The van der Waals surface area contributed by atoms with Gasteiger partial charge in [-0.25, -0.2) is 0 Å². The molecular formula is C25H36N2O3. The minimum absolute atomic E-state index is 0.100. The highest BCUT2D eigenvalue weighted by molar-refractivity contribution is 5.96. The van der Waals surface area contributed by atoms with Gasteiger partial charge in [0.2, 0.25) is 0 Å². The fraction of sp³-hybridized carbons (Fsp3) is 0.480. The molecule has 1 amide bonds. The van der Waals surface area contributed by atoms with Crippen LogP contribution in [0, 0.1) is 0 Å². The summed E-state index contributed by atoms with van der Waals surface area (Å²) in [5.41, 5.74) is 1.82. The second kappa shape index (κ2) is 13.8. The molecule has 164 valence electrons. The quantitative estimate of drug-likeness (QED) is 0.452. The van der Waals surface area contributed by atoms with Crippen LogP contribution in [0.1, 0.15) is 54.4 Å². The Kier molecular flexibility index (Phi) is 11.0. The highest BCUT2D eigenvalue weighted by Crippen LogP contribution is 2.23. The van der Waals surface area contributed by atoms with Gasteiger partial charge in [0, 0.05) is 32.2 Å². The number of nitrogens with one attached hydrogen (secondary N) is 2. The van der Waals surface area contributed by atoms with Gasteiger partial charge in [0.25, 0.3) is 5.91 Å². The van der Waals surface area contributed by atoms with Gasteiger partial charge < -0.3 is 20.1 Å². The Morgan fingerprint density at radius 3 is 2.40 bits per heavy atom. The molecule has 0 aliphatic heterocycles. The van der Waals surface area contributed by atoms with Crippen molar-refractivity contribution in [2.75, 3.05) is 33.9 Å². The Labute approximate surface area is 181 Å². The molecule has 2 rings (SSSR count). The van der Waals surface area contributed by atoms with Crippen molar-refractivity contribution in [2.45, 2.75) is 44.6 Å². The fourth-order valence-electron chi connectivity index (χ4n) is 3.72. The maximum Gasteiger partial charge on any atom is 0.255 e. The zero-order chi connectivity index (χ0) is 21.6. The van der Waals surface area contributed by atoms with Gasteiger partial charge in [0.15, 0.2) is 0 Å². The molecule has 0 saturated carbocycles. The Bertz CT molecular complexity index is 736. The summed E-state index contributed by atoms with van der Waals surface area (Å²) in [7, 11) is 3.32. The number of hydrogen-bond acceptors (Lipinski definition) is 4. The molecule has 0 fully saturated rings.